The van der Waals surface area contributed by atoms with E-state index in [0.29, 0.717) is 13.1 Å². The number of aliphatic imine (C=N–C) groups is 1. The molecule has 0 aromatic carbocycles. The summed E-state index contributed by atoms with van der Waals surface area (Å²) in [6, 6.07) is 0. The highest BCUT2D eigenvalue weighted by Crippen LogP contribution is 1.98. The minimum atomic E-state index is 0.507. The van der Waals surface area contributed by atoms with Gasteiger partial charge in [0.05, 0.1) is 0 Å². The maximum atomic E-state index is 4.47. The number of aryl methyl sites for hydroxylation is 1. The van der Waals surface area contributed by atoms with Crippen LogP contribution in [-0.4, -0.2) is 33.8 Å². The van der Waals surface area contributed by atoms with Crippen LogP contribution in [0.3, 0.4) is 0 Å². The number of hydrogen-bond donors (Lipinski definition) is 2. The van der Waals surface area contributed by atoms with E-state index in [9.17, 15) is 0 Å². The molecule has 0 bridgehead atoms. The van der Waals surface area contributed by atoms with Crippen LogP contribution in [0.15, 0.2) is 17.6 Å². The molecule has 0 saturated heterocycles. The molecule has 0 atom stereocenters. The zero-order valence-electron chi connectivity index (χ0n) is 11.4. The van der Waals surface area contributed by atoms with Gasteiger partial charge in [-0.05, 0) is 13.3 Å². The normalized spacial score (nSPS) is 11.4. The van der Waals surface area contributed by atoms with E-state index < -0.39 is 0 Å². The second-order valence-electron chi connectivity index (χ2n) is 3.98. The van der Waals surface area contributed by atoms with Gasteiger partial charge in [0, 0.05) is 20.1 Å². The molecule has 0 spiro atoms. The zero-order chi connectivity index (χ0) is 13.4. The monoisotopic (exact) mass is 250 g/mol. The van der Waals surface area contributed by atoms with Crippen molar-refractivity contribution in [3.63, 3.8) is 0 Å². The highest BCUT2D eigenvalue weighted by molar-refractivity contribution is 5.79. The van der Waals surface area contributed by atoms with Crippen LogP contribution in [0.1, 0.15) is 25.0 Å². The molecular formula is C12H22N6. The van der Waals surface area contributed by atoms with E-state index in [2.05, 4.69) is 39.3 Å². The van der Waals surface area contributed by atoms with E-state index >= 15 is 0 Å². The fraction of sp³-hybridized carbons (Fsp3) is 0.583. The van der Waals surface area contributed by atoms with Crippen molar-refractivity contribution in [3.8, 4) is 0 Å². The van der Waals surface area contributed by atoms with Gasteiger partial charge in [-0.2, -0.15) is 0 Å². The van der Waals surface area contributed by atoms with Gasteiger partial charge in [-0.15, -0.1) is 16.8 Å². The minimum absolute atomic E-state index is 0.507. The van der Waals surface area contributed by atoms with Gasteiger partial charge < -0.3 is 15.2 Å². The maximum Gasteiger partial charge on any atom is 0.191 e. The molecule has 2 N–H and O–H groups in total. The molecule has 0 radical (unpaired) electrons. The van der Waals surface area contributed by atoms with Gasteiger partial charge in [0.2, 0.25) is 0 Å². The summed E-state index contributed by atoms with van der Waals surface area (Å²) in [4.78, 5) is 4.47. The molecule has 6 heteroatoms. The smallest absolute Gasteiger partial charge is 0.191 e. The van der Waals surface area contributed by atoms with Crippen molar-refractivity contribution >= 4 is 5.96 Å². The fourth-order valence-corrected chi connectivity index (χ4v) is 1.33. The van der Waals surface area contributed by atoms with Crippen molar-refractivity contribution in [2.24, 2.45) is 12.0 Å². The van der Waals surface area contributed by atoms with Crippen LogP contribution < -0.4 is 10.6 Å². The molecular weight excluding hydrogens is 228 g/mol. The van der Waals surface area contributed by atoms with Crippen LogP contribution in [0.25, 0.3) is 0 Å². The molecule has 0 fully saturated rings. The van der Waals surface area contributed by atoms with Crippen molar-refractivity contribution < 1.29 is 0 Å². The predicted molar refractivity (Wildman–Crippen MR) is 73.4 cm³/mol. The fourth-order valence-electron chi connectivity index (χ4n) is 1.33. The van der Waals surface area contributed by atoms with Crippen LogP contribution in [0.4, 0.5) is 0 Å². The number of rotatable bonds is 6. The minimum Gasteiger partial charge on any atom is -0.356 e. The third kappa shape index (κ3) is 4.20. The van der Waals surface area contributed by atoms with E-state index in [1.807, 2.05) is 18.5 Å². The summed E-state index contributed by atoms with van der Waals surface area (Å²) in [5, 5.41) is 14.5. The van der Waals surface area contributed by atoms with Crippen LogP contribution in [-0.2, 0) is 13.6 Å². The number of aromatic nitrogens is 3. The lowest BCUT2D eigenvalue weighted by Crippen LogP contribution is -2.37. The van der Waals surface area contributed by atoms with Crippen molar-refractivity contribution in [1.29, 1.82) is 0 Å². The van der Waals surface area contributed by atoms with E-state index in [4.69, 9.17) is 0 Å². The van der Waals surface area contributed by atoms with Crippen molar-refractivity contribution in [3.05, 3.63) is 24.3 Å². The number of nitrogens with one attached hydrogen (secondary N) is 2. The number of hydrogen-bond acceptors (Lipinski definition) is 3. The first-order valence-corrected chi connectivity index (χ1v) is 6.17. The van der Waals surface area contributed by atoms with Gasteiger partial charge in [0.25, 0.3) is 0 Å². The first-order valence-electron chi connectivity index (χ1n) is 6.17. The van der Waals surface area contributed by atoms with Crippen molar-refractivity contribution in [1.82, 2.24) is 25.4 Å². The Kier molecular flexibility index (Phi) is 5.90. The number of guanidine groups is 1. The van der Waals surface area contributed by atoms with Gasteiger partial charge in [-0.25, -0.2) is 4.99 Å². The Labute approximate surface area is 108 Å². The zero-order valence-corrected chi connectivity index (χ0v) is 11.4. The van der Waals surface area contributed by atoms with Crippen LogP contribution in [0.5, 0.6) is 0 Å². The van der Waals surface area contributed by atoms with E-state index in [-0.39, 0.29) is 0 Å². The average molecular weight is 250 g/mol. The molecule has 0 aliphatic rings. The Balaban J connectivity index is 2.63. The van der Waals surface area contributed by atoms with Gasteiger partial charge in [0.15, 0.2) is 11.8 Å². The van der Waals surface area contributed by atoms with E-state index in [1.165, 1.54) is 0 Å². The molecule has 0 aliphatic carbocycles. The van der Waals surface area contributed by atoms with Crippen molar-refractivity contribution in [2.45, 2.75) is 26.8 Å². The molecule has 0 saturated carbocycles. The summed E-state index contributed by atoms with van der Waals surface area (Å²) >= 11 is 0. The van der Waals surface area contributed by atoms with Gasteiger partial charge in [-0.3, -0.25) is 0 Å². The van der Waals surface area contributed by atoms with Gasteiger partial charge in [0.1, 0.15) is 12.4 Å². The summed E-state index contributed by atoms with van der Waals surface area (Å²) in [6.07, 6.45) is 2.85. The first kappa shape index (κ1) is 14.2. The second-order valence-corrected chi connectivity index (χ2v) is 3.98. The Morgan fingerprint density at radius 1 is 1.44 bits per heavy atom. The average Bonchev–Trinajstić information content (AvgIpc) is 2.69. The summed E-state index contributed by atoms with van der Waals surface area (Å²) in [6.45, 7) is 9.80. The summed E-state index contributed by atoms with van der Waals surface area (Å²) in [7, 11) is 1.94. The Hall–Kier alpha value is -1.85. The standard InChI is InChI=1S/C12H22N6/c1-5-7-13-12(14-8-6-2)15-9-11-17-16-10(3)18(11)4/h5H,1,6-9H2,2-4H3,(H2,13,14,15). The van der Waals surface area contributed by atoms with Crippen molar-refractivity contribution in [2.75, 3.05) is 13.1 Å². The lowest BCUT2D eigenvalue weighted by molar-refractivity contribution is 0.753. The third-order valence-electron chi connectivity index (χ3n) is 2.52. The molecule has 100 valence electrons. The summed E-state index contributed by atoms with van der Waals surface area (Å²) in [5.74, 6) is 2.52. The Bertz CT molecular complexity index is 407. The Morgan fingerprint density at radius 2 is 2.22 bits per heavy atom. The molecule has 1 heterocycles. The summed E-state index contributed by atoms with van der Waals surface area (Å²) < 4.78 is 1.94. The van der Waals surface area contributed by atoms with Crippen LogP contribution >= 0.6 is 0 Å². The molecule has 0 aliphatic heterocycles. The highest BCUT2D eigenvalue weighted by atomic mass is 15.3. The molecule has 6 nitrogen and oxygen atoms in total. The van der Waals surface area contributed by atoms with Crippen LogP contribution in [0.2, 0.25) is 0 Å². The second kappa shape index (κ2) is 7.47. The molecule has 1 rings (SSSR count). The Morgan fingerprint density at radius 3 is 2.78 bits per heavy atom. The molecule has 1 aromatic rings. The SMILES string of the molecule is C=CCNC(=NCc1nnc(C)n1C)NCCC. The van der Waals surface area contributed by atoms with E-state index in [1.54, 1.807) is 6.08 Å². The quantitative estimate of drug-likeness (QED) is 0.444. The first-order chi connectivity index (χ1) is 8.69. The lowest BCUT2D eigenvalue weighted by Gasteiger charge is -2.10. The summed E-state index contributed by atoms with van der Waals surface area (Å²) in [5.41, 5.74) is 0. The van der Waals surface area contributed by atoms with Crippen LogP contribution in [0, 0.1) is 6.92 Å². The maximum absolute atomic E-state index is 4.47. The molecule has 0 unspecified atom stereocenters. The van der Waals surface area contributed by atoms with E-state index in [0.717, 1.165) is 30.6 Å². The third-order valence-corrected chi connectivity index (χ3v) is 2.52. The molecule has 18 heavy (non-hydrogen) atoms. The molecule has 1 aromatic heterocycles. The molecule has 0 amide bonds. The highest BCUT2D eigenvalue weighted by Gasteiger charge is 2.04. The lowest BCUT2D eigenvalue weighted by atomic mass is 10.5. The topological polar surface area (TPSA) is 67.1 Å². The largest absolute Gasteiger partial charge is 0.356 e. The van der Waals surface area contributed by atoms with Gasteiger partial charge >= 0.3 is 0 Å². The predicted octanol–water partition coefficient (Wildman–Crippen LogP) is 0.755. The van der Waals surface area contributed by atoms with Gasteiger partial charge in [-0.1, -0.05) is 13.0 Å². The number of nitrogens with zero attached hydrogens (tertiary/aromatic N) is 4.